The third-order valence-electron chi connectivity index (χ3n) is 2.42. The first-order chi connectivity index (χ1) is 9.27. The maximum Gasteiger partial charge on any atom is 0.418 e. The lowest BCUT2D eigenvalue weighted by Crippen LogP contribution is -2.10. The summed E-state index contributed by atoms with van der Waals surface area (Å²) in [6.45, 7) is 0. The summed E-state index contributed by atoms with van der Waals surface area (Å²) in [5.41, 5.74) is 4.69. The van der Waals surface area contributed by atoms with Crippen LogP contribution in [0.3, 0.4) is 0 Å². The van der Waals surface area contributed by atoms with E-state index in [-0.39, 0.29) is 22.2 Å². The second-order valence-corrected chi connectivity index (χ2v) is 4.78. The van der Waals surface area contributed by atoms with Crippen molar-refractivity contribution in [3.63, 3.8) is 0 Å². The van der Waals surface area contributed by atoms with Crippen molar-refractivity contribution in [2.45, 2.75) is 6.18 Å². The Bertz CT molecular complexity index is 644. The molecule has 2 aromatic rings. The monoisotopic (exact) mass is 321 g/mol. The van der Waals surface area contributed by atoms with Gasteiger partial charge in [0.1, 0.15) is 0 Å². The van der Waals surface area contributed by atoms with Crippen molar-refractivity contribution in [3.05, 3.63) is 46.1 Å². The molecule has 0 amide bonds. The second-order valence-electron chi connectivity index (χ2n) is 3.90. The van der Waals surface area contributed by atoms with Crippen LogP contribution >= 0.6 is 23.2 Å². The molecule has 0 unspecified atom stereocenters. The highest BCUT2D eigenvalue weighted by molar-refractivity contribution is 6.31. The summed E-state index contributed by atoms with van der Waals surface area (Å²) in [7, 11) is 0. The third kappa shape index (κ3) is 3.26. The lowest BCUT2D eigenvalue weighted by Gasteiger charge is -2.15. The number of hydrogen-bond acceptors (Lipinski definition) is 3. The van der Waals surface area contributed by atoms with Crippen molar-refractivity contribution in [3.8, 4) is 0 Å². The summed E-state index contributed by atoms with van der Waals surface area (Å²) >= 11 is 11.3. The molecule has 0 saturated carbocycles. The van der Waals surface area contributed by atoms with E-state index >= 15 is 0 Å². The molecule has 0 radical (unpaired) electrons. The highest BCUT2D eigenvalue weighted by Crippen LogP contribution is 2.38. The Morgan fingerprint density at radius 1 is 1.10 bits per heavy atom. The number of benzene rings is 1. The van der Waals surface area contributed by atoms with Crippen molar-refractivity contribution in [2.24, 2.45) is 0 Å². The van der Waals surface area contributed by atoms with Gasteiger partial charge in [0.2, 0.25) is 0 Å². The normalized spacial score (nSPS) is 11.4. The number of anilines is 3. The summed E-state index contributed by atoms with van der Waals surface area (Å²) in [5, 5.41) is 2.81. The first kappa shape index (κ1) is 14.7. The molecule has 1 aromatic heterocycles. The third-order valence-corrected chi connectivity index (χ3v) is 2.87. The maximum atomic E-state index is 12.9. The predicted molar refractivity (Wildman–Crippen MR) is 73.4 cm³/mol. The molecule has 106 valence electrons. The molecule has 0 aliphatic carbocycles. The van der Waals surface area contributed by atoms with Gasteiger partial charge in [-0.3, -0.25) is 0 Å². The van der Waals surface area contributed by atoms with E-state index < -0.39 is 11.7 Å². The molecule has 20 heavy (non-hydrogen) atoms. The molecule has 0 bridgehead atoms. The van der Waals surface area contributed by atoms with E-state index in [4.69, 9.17) is 28.9 Å². The van der Waals surface area contributed by atoms with E-state index in [2.05, 4.69) is 10.3 Å². The zero-order valence-electron chi connectivity index (χ0n) is 9.80. The lowest BCUT2D eigenvalue weighted by atomic mass is 10.1. The maximum absolute atomic E-state index is 12.9. The number of rotatable bonds is 2. The first-order valence-electron chi connectivity index (χ1n) is 5.32. The Kier molecular flexibility index (Phi) is 3.96. The molecule has 1 aromatic carbocycles. The number of nitrogens with one attached hydrogen (secondary N) is 1. The number of aromatic nitrogens is 1. The van der Waals surface area contributed by atoms with Crippen LogP contribution in [0, 0.1) is 0 Å². The van der Waals surface area contributed by atoms with Crippen molar-refractivity contribution in [1.82, 2.24) is 4.98 Å². The number of nitrogens with two attached hydrogens (primary N) is 1. The van der Waals surface area contributed by atoms with Crippen LogP contribution in [0.4, 0.5) is 30.4 Å². The van der Waals surface area contributed by atoms with Crippen LogP contribution in [0.5, 0.6) is 0 Å². The standard InChI is InChI=1S/C12H8Cl2F3N3/c13-6-1-2-10(8(3-6)12(15,16)17)20-11-9(18)4-7(14)5-19-11/h1-5H,18H2,(H,19,20). The zero-order valence-corrected chi connectivity index (χ0v) is 11.3. The van der Waals surface area contributed by atoms with Crippen LogP contribution in [0.25, 0.3) is 0 Å². The van der Waals surface area contributed by atoms with Gasteiger partial charge in [-0.05, 0) is 24.3 Å². The average molecular weight is 322 g/mol. The summed E-state index contributed by atoms with van der Waals surface area (Å²) in [6.07, 6.45) is -3.27. The molecule has 0 atom stereocenters. The van der Waals surface area contributed by atoms with Crippen LogP contribution in [0.15, 0.2) is 30.5 Å². The van der Waals surface area contributed by atoms with E-state index in [1.807, 2.05) is 0 Å². The minimum atomic E-state index is -4.55. The van der Waals surface area contributed by atoms with E-state index in [0.29, 0.717) is 5.02 Å². The van der Waals surface area contributed by atoms with Gasteiger partial charge in [0.05, 0.1) is 22.0 Å². The fourth-order valence-electron chi connectivity index (χ4n) is 1.55. The molecule has 1 heterocycles. The minimum absolute atomic E-state index is 0.0140. The van der Waals surface area contributed by atoms with Gasteiger partial charge < -0.3 is 11.1 Å². The van der Waals surface area contributed by atoms with Gasteiger partial charge in [-0.1, -0.05) is 23.2 Å². The fourth-order valence-corrected chi connectivity index (χ4v) is 1.89. The Morgan fingerprint density at radius 2 is 1.80 bits per heavy atom. The summed E-state index contributed by atoms with van der Waals surface area (Å²) in [5.74, 6) is 0.0854. The zero-order chi connectivity index (χ0) is 14.9. The number of halogens is 5. The molecule has 0 saturated heterocycles. The van der Waals surface area contributed by atoms with Gasteiger partial charge in [0.15, 0.2) is 5.82 Å². The van der Waals surface area contributed by atoms with Gasteiger partial charge >= 0.3 is 6.18 Å². The van der Waals surface area contributed by atoms with Crippen LogP contribution in [0.2, 0.25) is 10.0 Å². The molecule has 0 aliphatic heterocycles. The van der Waals surface area contributed by atoms with Crippen molar-refractivity contribution in [1.29, 1.82) is 0 Å². The predicted octanol–water partition coefficient (Wildman–Crippen LogP) is 4.73. The molecule has 8 heteroatoms. The largest absolute Gasteiger partial charge is 0.418 e. The first-order valence-corrected chi connectivity index (χ1v) is 6.08. The highest BCUT2D eigenvalue weighted by atomic mass is 35.5. The Hall–Kier alpha value is -1.66. The number of alkyl halides is 3. The van der Waals surface area contributed by atoms with E-state index in [1.54, 1.807) is 0 Å². The quantitative estimate of drug-likeness (QED) is 0.840. The van der Waals surface area contributed by atoms with Gasteiger partial charge in [0, 0.05) is 11.2 Å². The summed E-state index contributed by atoms with van der Waals surface area (Å²) in [4.78, 5) is 3.85. The molecular formula is C12H8Cl2F3N3. The number of nitrogen functional groups attached to an aromatic ring is 1. The average Bonchev–Trinajstić information content (AvgIpc) is 2.33. The van der Waals surface area contributed by atoms with Gasteiger partial charge in [0.25, 0.3) is 0 Å². The van der Waals surface area contributed by atoms with E-state index in [0.717, 1.165) is 6.07 Å². The SMILES string of the molecule is Nc1cc(Cl)cnc1Nc1ccc(Cl)cc1C(F)(F)F. The molecular weight excluding hydrogens is 314 g/mol. The van der Waals surface area contributed by atoms with Gasteiger partial charge in [-0.15, -0.1) is 0 Å². The Labute approximate surface area is 122 Å². The van der Waals surface area contributed by atoms with Gasteiger partial charge in [-0.25, -0.2) is 4.98 Å². The lowest BCUT2D eigenvalue weighted by molar-refractivity contribution is -0.136. The van der Waals surface area contributed by atoms with E-state index in [1.165, 1.54) is 24.4 Å². The topological polar surface area (TPSA) is 50.9 Å². The highest BCUT2D eigenvalue weighted by Gasteiger charge is 2.34. The number of pyridine rings is 1. The molecule has 3 N–H and O–H groups in total. The van der Waals surface area contributed by atoms with E-state index in [9.17, 15) is 13.2 Å². The molecule has 2 rings (SSSR count). The summed E-state index contributed by atoms with van der Waals surface area (Å²) < 4.78 is 38.8. The summed E-state index contributed by atoms with van der Waals surface area (Å²) in [6, 6.07) is 4.77. The van der Waals surface area contributed by atoms with Crippen LogP contribution in [-0.4, -0.2) is 4.98 Å². The Balaban J connectivity index is 2.43. The molecule has 0 spiro atoms. The second kappa shape index (κ2) is 5.38. The van der Waals surface area contributed by atoms with Crippen molar-refractivity contribution < 1.29 is 13.2 Å². The fraction of sp³-hybridized carbons (Fsp3) is 0.0833. The smallest absolute Gasteiger partial charge is 0.396 e. The number of nitrogens with zero attached hydrogens (tertiary/aromatic N) is 1. The van der Waals surface area contributed by atoms with Crippen molar-refractivity contribution >= 4 is 40.4 Å². The molecule has 0 fully saturated rings. The Morgan fingerprint density at radius 3 is 2.40 bits per heavy atom. The number of hydrogen-bond donors (Lipinski definition) is 2. The molecule has 3 nitrogen and oxygen atoms in total. The van der Waals surface area contributed by atoms with Crippen LogP contribution in [0.1, 0.15) is 5.56 Å². The minimum Gasteiger partial charge on any atom is -0.396 e. The van der Waals surface area contributed by atoms with Crippen molar-refractivity contribution in [2.75, 3.05) is 11.1 Å². The molecule has 0 aliphatic rings. The van der Waals surface area contributed by atoms with Gasteiger partial charge in [-0.2, -0.15) is 13.2 Å². The van der Waals surface area contributed by atoms with Crippen LogP contribution < -0.4 is 11.1 Å². The van der Waals surface area contributed by atoms with Crippen LogP contribution in [-0.2, 0) is 6.18 Å².